The lowest BCUT2D eigenvalue weighted by atomic mass is 10.1. The highest BCUT2D eigenvalue weighted by Gasteiger charge is 2.56. The number of hydrogen-bond donors (Lipinski definition) is 2. The molecule has 0 radical (unpaired) electrons. The van der Waals surface area contributed by atoms with E-state index in [-0.39, 0.29) is 24.7 Å². The van der Waals surface area contributed by atoms with Gasteiger partial charge in [-0.25, -0.2) is 14.7 Å². The van der Waals surface area contributed by atoms with E-state index in [0.29, 0.717) is 19.0 Å². The number of hydrogen-bond acceptors (Lipinski definition) is 7. The van der Waals surface area contributed by atoms with E-state index < -0.39 is 11.6 Å². The summed E-state index contributed by atoms with van der Waals surface area (Å²) in [6.07, 6.45) is 0.233. The normalized spacial score (nSPS) is 30.0. The molecule has 1 atom stereocenters. The van der Waals surface area contributed by atoms with Crippen LogP contribution in [0.5, 0.6) is 0 Å². The van der Waals surface area contributed by atoms with Gasteiger partial charge < -0.3 is 20.6 Å². The number of likely N-dealkylation sites (N-methyl/N-ethyl adjacent to an activating group) is 1. The Kier molecular flexibility index (Phi) is 3.08. The molecule has 3 aliphatic heterocycles. The predicted octanol–water partition coefficient (Wildman–Crippen LogP) is -1.68. The molecule has 1 unspecified atom stereocenters. The molecule has 1 amide bonds. The summed E-state index contributed by atoms with van der Waals surface area (Å²) < 4.78 is 0. The maximum Gasteiger partial charge on any atom is 0.353 e. The van der Waals surface area contributed by atoms with Crippen LogP contribution in [-0.2, 0) is 9.59 Å². The first-order valence-electron chi connectivity index (χ1n) is 6.88. The van der Waals surface area contributed by atoms with E-state index in [1.54, 1.807) is 0 Å². The number of rotatable bonds is 1. The fourth-order valence-corrected chi connectivity index (χ4v) is 2.88. The fraction of sp³-hybridized carbons (Fsp3) is 0.667. The van der Waals surface area contributed by atoms with Crippen LogP contribution in [0.25, 0.3) is 0 Å². The lowest BCUT2D eigenvalue weighted by molar-refractivity contribution is -0.150. The molecule has 2 fully saturated rings. The van der Waals surface area contributed by atoms with Gasteiger partial charge in [-0.05, 0) is 7.05 Å². The van der Waals surface area contributed by atoms with E-state index in [0.717, 1.165) is 18.0 Å². The largest absolute Gasteiger partial charge is 0.478 e. The van der Waals surface area contributed by atoms with Gasteiger partial charge in [0.2, 0.25) is 23.5 Å². The molecule has 0 saturated carbocycles. The van der Waals surface area contributed by atoms with Crippen molar-refractivity contribution < 1.29 is 14.7 Å². The number of guanidine groups is 2. The second-order valence-corrected chi connectivity index (χ2v) is 5.52. The van der Waals surface area contributed by atoms with Crippen molar-refractivity contribution in [1.82, 2.24) is 14.7 Å². The van der Waals surface area contributed by atoms with Crippen LogP contribution < -0.4 is 5.73 Å². The zero-order chi connectivity index (χ0) is 15.2. The van der Waals surface area contributed by atoms with Crippen LogP contribution in [0.2, 0.25) is 0 Å². The minimum absolute atomic E-state index is 0.0798. The summed E-state index contributed by atoms with van der Waals surface area (Å²) in [5.41, 5.74) is 4.21. The number of aliphatic carboxylic acids is 1. The van der Waals surface area contributed by atoms with Gasteiger partial charge in [-0.15, -0.1) is 0 Å². The van der Waals surface area contributed by atoms with Crippen molar-refractivity contribution in [2.45, 2.75) is 18.5 Å². The maximum absolute atomic E-state index is 11.9. The zero-order valence-electron chi connectivity index (χ0n) is 11.8. The molecule has 0 aromatic heterocycles. The molecule has 3 aliphatic rings. The highest BCUT2D eigenvalue weighted by molar-refractivity contribution is 6.10. The number of aliphatic imine (C=N–C) groups is 2. The van der Waals surface area contributed by atoms with Crippen LogP contribution >= 0.6 is 0 Å². The summed E-state index contributed by atoms with van der Waals surface area (Å²) in [5.74, 6) is -1.28. The van der Waals surface area contributed by atoms with Crippen molar-refractivity contribution in [3.8, 4) is 0 Å². The number of fused-ring (bicyclic) bond motifs is 1. The van der Waals surface area contributed by atoms with Crippen LogP contribution in [0.1, 0.15) is 12.8 Å². The average Bonchev–Trinajstić information content (AvgIpc) is 2.79. The van der Waals surface area contributed by atoms with Crippen LogP contribution in [0, 0.1) is 0 Å². The molecule has 9 nitrogen and oxygen atoms in total. The molecule has 114 valence electrons. The van der Waals surface area contributed by atoms with E-state index >= 15 is 0 Å². The lowest BCUT2D eigenvalue weighted by Gasteiger charge is -2.38. The van der Waals surface area contributed by atoms with E-state index in [1.807, 2.05) is 11.9 Å². The Morgan fingerprint density at radius 3 is 2.62 bits per heavy atom. The Labute approximate surface area is 121 Å². The molecule has 3 heterocycles. The molecule has 3 N–H and O–H groups in total. The number of nitrogens with two attached hydrogens (primary N) is 1. The molecule has 0 bridgehead atoms. The molecule has 21 heavy (non-hydrogen) atoms. The highest BCUT2D eigenvalue weighted by Crippen LogP contribution is 2.34. The number of carboxylic acid groups (broad SMARTS) is 1. The summed E-state index contributed by atoms with van der Waals surface area (Å²) in [7, 11) is 2.02. The van der Waals surface area contributed by atoms with E-state index in [2.05, 4.69) is 14.9 Å². The molecule has 0 spiro atoms. The molecule has 0 aromatic carbocycles. The first kappa shape index (κ1) is 13.8. The topological polar surface area (TPSA) is 115 Å². The Morgan fingerprint density at radius 2 is 2.00 bits per heavy atom. The molecular weight excluding hydrogens is 276 g/mol. The molecule has 0 aromatic rings. The Hall–Kier alpha value is -2.16. The van der Waals surface area contributed by atoms with Gasteiger partial charge in [0, 0.05) is 39.0 Å². The number of carboxylic acids is 1. The van der Waals surface area contributed by atoms with Gasteiger partial charge in [-0.1, -0.05) is 0 Å². The fourth-order valence-electron chi connectivity index (χ4n) is 2.88. The quantitative estimate of drug-likeness (QED) is 0.597. The van der Waals surface area contributed by atoms with Crippen LogP contribution in [0.3, 0.4) is 0 Å². The standard InChI is InChI=1S/C12H18N6O3/c1-16-4-6-17(7-5-16)11-14-10(13)18-8(19)2-3-12(18,15-11)9(20)21/h2-7H2,1H3,(H,20,21)(H2,13,14,15). The van der Waals surface area contributed by atoms with E-state index in [1.165, 1.54) is 0 Å². The maximum atomic E-state index is 11.9. The molecule has 9 heteroatoms. The van der Waals surface area contributed by atoms with Crippen LogP contribution in [-0.4, -0.2) is 82.5 Å². The second-order valence-electron chi connectivity index (χ2n) is 5.52. The first-order chi connectivity index (χ1) is 9.94. The Bertz CT molecular complexity index is 551. The third-order valence-corrected chi connectivity index (χ3v) is 4.16. The third kappa shape index (κ3) is 2.04. The minimum atomic E-state index is -1.62. The van der Waals surface area contributed by atoms with Gasteiger partial charge in [0.05, 0.1) is 0 Å². The van der Waals surface area contributed by atoms with Crippen molar-refractivity contribution in [3.05, 3.63) is 0 Å². The summed E-state index contributed by atoms with van der Waals surface area (Å²) in [6.45, 7) is 3.10. The monoisotopic (exact) mass is 294 g/mol. The Morgan fingerprint density at radius 1 is 1.33 bits per heavy atom. The van der Waals surface area contributed by atoms with Crippen LogP contribution in [0.15, 0.2) is 9.98 Å². The molecule has 2 saturated heterocycles. The number of carbonyl (C=O) groups excluding carboxylic acids is 1. The summed E-state index contributed by atoms with van der Waals surface area (Å²) in [4.78, 5) is 37.1. The summed E-state index contributed by atoms with van der Waals surface area (Å²) >= 11 is 0. The number of amides is 1. The number of piperazine rings is 1. The predicted molar refractivity (Wildman–Crippen MR) is 74.6 cm³/mol. The van der Waals surface area contributed by atoms with Crippen molar-refractivity contribution in [1.29, 1.82) is 0 Å². The van der Waals surface area contributed by atoms with Crippen molar-refractivity contribution in [2.24, 2.45) is 15.7 Å². The lowest BCUT2D eigenvalue weighted by Crippen LogP contribution is -2.60. The van der Waals surface area contributed by atoms with Gasteiger partial charge in [0.1, 0.15) is 0 Å². The highest BCUT2D eigenvalue weighted by atomic mass is 16.4. The third-order valence-electron chi connectivity index (χ3n) is 4.16. The zero-order valence-corrected chi connectivity index (χ0v) is 11.8. The molecule has 3 rings (SSSR count). The van der Waals surface area contributed by atoms with Crippen molar-refractivity contribution in [2.75, 3.05) is 33.2 Å². The van der Waals surface area contributed by atoms with Crippen molar-refractivity contribution >= 4 is 23.8 Å². The SMILES string of the molecule is CN1CCN(C2=NC3(C(=O)O)CCC(=O)N3C(N)=N2)CC1. The summed E-state index contributed by atoms with van der Waals surface area (Å²) in [5, 5.41) is 9.55. The van der Waals surface area contributed by atoms with Gasteiger partial charge in [0.15, 0.2) is 0 Å². The number of carbonyl (C=O) groups is 2. The average molecular weight is 294 g/mol. The molecule has 0 aliphatic carbocycles. The molecular formula is C12H18N6O3. The second kappa shape index (κ2) is 4.69. The first-order valence-corrected chi connectivity index (χ1v) is 6.88. The van der Waals surface area contributed by atoms with E-state index in [9.17, 15) is 14.7 Å². The smallest absolute Gasteiger partial charge is 0.353 e. The van der Waals surface area contributed by atoms with Crippen molar-refractivity contribution in [3.63, 3.8) is 0 Å². The van der Waals surface area contributed by atoms with Gasteiger partial charge >= 0.3 is 5.97 Å². The van der Waals surface area contributed by atoms with E-state index in [4.69, 9.17) is 5.73 Å². The van der Waals surface area contributed by atoms with Crippen LogP contribution in [0.4, 0.5) is 0 Å². The van der Waals surface area contributed by atoms with Gasteiger partial charge in [-0.2, -0.15) is 4.99 Å². The Balaban J connectivity index is 1.96. The number of nitrogens with zero attached hydrogens (tertiary/aromatic N) is 5. The summed E-state index contributed by atoms with van der Waals surface area (Å²) in [6, 6.07) is 0. The van der Waals surface area contributed by atoms with Gasteiger partial charge in [0.25, 0.3) is 0 Å². The minimum Gasteiger partial charge on any atom is -0.478 e. The van der Waals surface area contributed by atoms with Gasteiger partial charge in [-0.3, -0.25) is 4.79 Å².